The van der Waals surface area contributed by atoms with Crippen LogP contribution >= 0.6 is 0 Å². The molecule has 0 aromatic heterocycles. The molecule has 4 heteroatoms. The number of nitrogens with two attached hydrogens (primary N) is 1. The van der Waals surface area contributed by atoms with Crippen LogP contribution in [-0.4, -0.2) is 43.8 Å². The summed E-state index contributed by atoms with van der Waals surface area (Å²) in [6.07, 6.45) is 1.18. The van der Waals surface area contributed by atoms with Crippen molar-refractivity contribution in [2.24, 2.45) is 11.7 Å². The fraction of sp³-hybridized carbons (Fsp3) is 0.625. The normalized spacial score (nSPS) is 23.6. The average Bonchev–Trinajstić information content (AvgIpc) is 2.45. The lowest BCUT2D eigenvalue weighted by Crippen LogP contribution is -2.48. The molecule has 2 atom stereocenters. The molecule has 1 heterocycles. The van der Waals surface area contributed by atoms with E-state index in [1.165, 1.54) is 6.42 Å². The average molecular weight is 278 g/mol. The molecule has 2 unspecified atom stereocenters. The largest absolute Gasteiger partial charge is 0.490 e. The van der Waals surface area contributed by atoms with E-state index in [9.17, 15) is 0 Å². The zero-order chi connectivity index (χ0) is 14.4. The molecule has 0 amide bonds. The van der Waals surface area contributed by atoms with Gasteiger partial charge in [-0.25, -0.2) is 0 Å². The molecule has 1 aromatic rings. The SMILES string of the molecule is CCOc1ccccc1OCCN1CCC(C)C(N)C1. The van der Waals surface area contributed by atoms with Crippen molar-refractivity contribution in [3.8, 4) is 11.5 Å². The molecule has 1 aliphatic heterocycles. The van der Waals surface area contributed by atoms with Crippen molar-refractivity contribution < 1.29 is 9.47 Å². The maximum atomic E-state index is 6.11. The monoisotopic (exact) mass is 278 g/mol. The van der Waals surface area contributed by atoms with E-state index in [2.05, 4.69) is 11.8 Å². The molecule has 20 heavy (non-hydrogen) atoms. The van der Waals surface area contributed by atoms with Gasteiger partial charge in [-0.2, -0.15) is 0 Å². The minimum Gasteiger partial charge on any atom is -0.490 e. The number of piperidine rings is 1. The molecule has 1 aliphatic rings. The summed E-state index contributed by atoms with van der Waals surface area (Å²) >= 11 is 0. The van der Waals surface area contributed by atoms with Gasteiger partial charge in [0.2, 0.25) is 0 Å². The van der Waals surface area contributed by atoms with Crippen LogP contribution in [0.1, 0.15) is 20.3 Å². The summed E-state index contributed by atoms with van der Waals surface area (Å²) in [6.45, 7) is 8.54. The summed E-state index contributed by atoms with van der Waals surface area (Å²) < 4.78 is 11.4. The van der Waals surface area contributed by atoms with Crippen molar-refractivity contribution in [1.82, 2.24) is 4.90 Å². The molecule has 0 aliphatic carbocycles. The van der Waals surface area contributed by atoms with Crippen LogP contribution in [0, 0.1) is 5.92 Å². The first kappa shape index (κ1) is 15.1. The number of para-hydroxylation sites is 2. The number of hydrogen-bond acceptors (Lipinski definition) is 4. The second-order valence-corrected chi connectivity index (χ2v) is 5.46. The highest BCUT2D eigenvalue weighted by Crippen LogP contribution is 2.26. The van der Waals surface area contributed by atoms with Crippen LogP contribution in [0.2, 0.25) is 0 Å². The number of ether oxygens (including phenoxy) is 2. The van der Waals surface area contributed by atoms with Crippen molar-refractivity contribution in [3.63, 3.8) is 0 Å². The van der Waals surface area contributed by atoms with Gasteiger partial charge in [0, 0.05) is 19.1 Å². The molecule has 2 N–H and O–H groups in total. The lowest BCUT2D eigenvalue weighted by Gasteiger charge is -2.34. The predicted molar refractivity (Wildman–Crippen MR) is 81.3 cm³/mol. The van der Waals surface area contributed by atoms with Crippen LogP contribution in [0.25, 0.3) is 0 Å². The molecule has 0 spiro atoms. The van der Waals surface area contributed by atoms with E-state index in [0.29, 0.717) is 25.2 Å². The number of nitrogens with zero attached hydrogens (tertiary/aromatic N) is 1. The molecule has 1 aromatic carbocycles. The van der Waals surface area contributed by atoms with Crippen LogP contribution in [-0.2, 0) is 0 Å². The standard InChI is InChI=1S/C16H26N2O2/c1-3-19-15-6-4-5-7-16(15)20-11-10-18-9-8-13(2)14(17)12-18/h4-7,13-14H,3,8-12,17H2,1-2H3. The molecule has 1 fully saturated rings. The lowest BCUT2D eigenvalue weighted by atomic mass is 9.94. The molecular weight excluding hydrogens is 252 g/mol. The smallest absolute Gasteiger partial charge is 0.161 e. The zero-order valence-corrected chi connectivity index (χ0v) is 12.5. The molecule has 4 nitrogen and oxygen atoms in total. The van der Waals surface area contributed by atoms with Crippen molar-refractivity contribution in [2.45, 2.75) is 26.3 Å². The lowest BCUT2D eigenvalue weighted by molar-refractivity contribution is 0.142. The van der Waals surface area contributed by atoms with Crippen LogP contribution in [0.5, 0.6) is 11.5 Å². The minimum atomic E-state index is 0.291. The minimum absolute atomic E-state index is 0.291. The molecule has 0 saturated carbocycles. The second-order valence-electron chi connectivity index (χ2n) is 5.46. The van der Waals surface area contributed by atoms with Crippen LogP contribution in [0.3, 0.4) is 0 Å². The molecule has 2 rings (SSSR count). The Bertz CT molecular complexity index is 411. The van der Waals surface area contributed by atoms with Gasteiger partial charge >= 0.3 is 0 Å². The van der Waals surface area contributed by atoms with Gasteiger partial charge in [0.1, 0.15) is 6.61 Å². The first-order chi connectivity index (χ1) is 9.70. The first-order valence-electron chi connectivity index (χ1n) is 7.53. The Morgan fingerprint density at radius 1 is 1.25 bits per heavy atom. The van der Waals surface area contributed by atoms with Gasteiger partial charge in [-0.15, -0.1) is 0 Å². The molecular formula is C16H26N2O2. The van der Waals surface area contributed by atoms with E-state index in [-0.39, 0.29) is 0 Å². The number of hydrogen-bond donors (Lipinski definition) is 1. The molecule has 112 valence electrons. The fourth-order valence-corrected chi connectivity index (χ4v) is 2.50. The third kappa shape index (κ3) is 4.12. The summed E-state index contributed by atoms with van der Waals surface area (Å²) in [7, 11) is 0. The summed E-state index contributed by atoms with van der Waals surface area (Å²) in [4.78, 5) is 2.38. The third-order valence-electron chi connectivity index (χ3n) is 3.91. The number of rotatable bonds is 6. The van der Waals surface area contributed by atoms with Gasteiger partial charge in [0.05, 0.1) is 6.61 Å². The predicted octanol–water partition coefficient (Wildman–Crippen LogP) is 2.13. The maximum Gasteiger partial charge on any atom is 0.161 e. The third-order valence-corrected chi connectivity index (χ3v) is 3.91. The summed E-state index contributed by atoms with van der Waals surface area (Å²) in [5.74, 6) is 2.27. The summed E-state index contributed by atoms with van der Waals surface area (Å²) in [6, 6.07) is 8.12. The van der Waals surface area contributed by atoms with Gasteiger partial charge in [-0.05, 0) is 37.9 Å². The van der Waals surface area contributed by atoms with Crippen molar-refractivity contribution in [3.05, 3.63) is 24.3 Å². The molecule has 1 saturated heterocycles. The number of benzene rings is 1. The highest BCUT2D eigenvalue weighted by atomic mass is 16.5. The zero-order valence-electron chi connectivity index (χ0n) is 12.5. The van der Waals surface area contributed by atoms with E-state index in [4.69, 9.17) is 15.2 Å². The molecule has 0 radical (unpaired) electrons. The van der Waals surface area contributed by atoms with Crippen molar-refractivity contribution in [2.75, 3.05) is 32.8 Å². The topological polar surface area (TPSA) is 47.7 Å². The first-order valence-corrected chi connectivity index (χ1v) is 7.53. The fourth-order valence-electron chi connectivity index (χ4n) is 2.50. The van der Waals surface area contributed by atoms with Gasteiger partial charge in [-0.3, -0.25) is 4.90 Å². The van der Waals surface area contributed by atoms with Gasteiger partial charge in [0.15, 0.2) is 11.5 Å². The highest BCUT2D eigenvalue weighted by molar-refractivity contribution is 5.39. The Hall–Kier alpha value is -1.26. The molecule has 0 bridgehead atoms. The Morgan fingerprint density at radius 3 is 2.60 bits per heavy atom. The van der Waals surface area contributed by atoms with Crippen molar-refractivity contribution in [1.29, 1.82) is 0 Å². The quantitative estimate of drug-likeness (QED) is 0.866. The van der Waals surface area contributed by atoms with Crippen LogP contribution in [0.15, 0.2) is 24.3 Å². The van der Waals surface area contributed by atoms with E-state index in [1.807, 2.05) is 31.2 Å². The van der Waals surface area contributed by atoms with Gasteiger partial charge in [-0.1, -0.05) is 19.1 Å². The Morgan fingerprint density at radius 2 is 1.95 bits per heavy atom. The van der Waals surface area contributed by atoms with Crippen LogP contribution < -0.4 is 15.2 Å². The van der Waals surface area contributed by atoms with Gasteiger partial charge in [0.25, 0.3) is 0 Å². The van der Waals surface area contributed by atoms with Crippen LogP contribution in [0.4, 0.5) is 0 Å². The Balaban J connectivity index is 1.78. The van der Waals surface area contributed by atoms with E-state index in [1.54, 1.807) is 0 Å². The van der Waals surface area contributed by atoms with Gasteiger partial charge < -0.3 is 15.2 Å². The van der Waals surface area contributed by atoms with E-state index < -0.39 is 0 Å². The van der Waals surface area contributed by atoms with Crippen molar-refractivity contribution >= 4 is 0 Å². The maximum absolute atomic E-state index is 6.11. The van der Waals surface area contributed by atoms with E-state index >= 15 is 0 Å². The summed E-state index contributed by atoms with van der Waals surface area (Å²) in [5, 5.41) is 0. The highest BCUT2D eigenvalue weighted by Gasteiger charge is 2.22. The number of likely N-dealkylation sites (tertiary alicyclic amines) is 1. The van der Waals surface area contributed by atoms with E-state index in [0.717, 1.165) is 31.1 Å². The summed E-state index contributed by atoms with van der Waals surface area (Å²) in [5.41, 5.74) is 6.11. The Labute approximate surface area is 121 Å². The second kappa shape index (κ2) is 7.50. The Kier molecular flexibility index (Phi) is 5.68.